The van der Waals surface area contributed by atoms with Gasteiger partial charge < -0.3 is 15.5 Å². The SMILES string of the molecule is Cc1cc(N2CCN(c3nccs3)CC2)ccc1C(=N)N. The van der Waals surface area contributed by atoms with Crippen molar-refractivity contribution in [1.29, 1.82) is 5.41 Å². The number of rotatable bonds is 3. The van der Waals surface area contributed by atoms with Crippen LogP contribution in [0.4, 0.5) is 10.8 Å². The third-order valence-corrected chi connectivity index (χ3v) is 4.67. The first-order chi connectivity index (χ1) is 10.1. The average molecular weight is 301 g/mol. The molecule has 1 aromatic carbocycles. The lowest BCUT2D eigenvalue weighted by Gasteiger charge is -2.36. The molecular formula is C15H19N5S. The summed E-state index contributed by atoms with van der Waals surface area (Å²) < 4.78 is 0. The van der Waals surface area contributed by atoms with Crippen LogP contribution in [0.1, 0.15) is 11.1 Å². The summed E-state index contributed by atoms with van der Waals surface area (Å²) in [6, 6.07) is 6.12. The number of thiazole rings is 1. The number of nitrogens with one attached hydrogen (secondary N) is 1. The Morgan fingerprint density at radius 1 is 1.24 bits per heavy atom. The molecule has 1 aliphatic heterocycles. The maximum atomic E-state index is 7.55. The Kier molecular flexibility index (Phi) is 3.79. The van der Waals surface area contributed by atoms with Crippen molar-refractivity contribution in [2.75, 3.05) is 36.0 Å². The second-order valence-corrected chi connectivity index (χ2v) is 6.07. The molecule has 6 heteroatoms. The van der Waals surface area contributed by atoms with Crippen LogP contribution in [0.15, 0.2) is 29.8 Å². The zero-order valence-electron chi connectivity index (χ0n) is 12.0. The lowest BCUT2D eigenvalue weighted by atomic mass is 10.1. The number of nitrogens with two attached hydrogens (primary N) is 1. The van der Waals surface area contributed by atoms with Gasteiger partial charge in [-0.15, -0.1) is 11.3 Å². The van der Waals surface area contributed by atoms with Gasteiger partial charge in [0.15, 0.2) is 5.13 Å². The van der Waals surface area contributed by atoms with E-state index in [1.165, 1.54) is 5.69 Å². The lowest BCUT2D eigenvalue weighted by Crippen LogP contribution is -2.46. The molecule has 0 saturated carbocycles. The Morgan fingerprint density at radius 3 is 2.52 bits per heavy atom. The topological polar surface area (TPSA) is 69.2 Å². The van der Waals surface area contributed by atoms with Gasteiger partial charge >= 0.3 is 0 Å². The van der Waals surface area contributed by atoms with E-state index in [9.17, 15) is 0 Å². The second kappa shape index (κ2) is 5.73. The zero-order valence-corrected chi connectivity index (χ0v) is 12.9. The van der Waals surface area contributed by atoms with E-state index < -0.39 is 0 Å². The summed E-state index contributed by atoms with van der Waals surface area (Å²) >= 11 is 1.69. The fourth-order valence-electron chi connectivity index (χ4n) is 2.67. The van der Waals surface area contributed by atoms with Gasteiger partial charge in [-0.3, -0.25) is 5.41 Å². The number of anilines is 2. The molecular weight excluding hydrogens is 282 g/mol. The predicted octanol–water partition coefficient (Wildman–Crippen LogP) is 2.06. The Hall–Kier alpha value is -2.08. The standard InChI is InChI=1S/C15H19N5S/c1-11-10-12(2-3-13(11)14(16)17)19-5-7-20(8-6-19)15-18-4-9-21-15/h2-4,9-10H,5-8H2,1H3,(H3,16,17). The highest BCUT2D eigenvalue weighted by Crippen LogP contribution is 2.23. The van der Waals surface area contributed by atoms with Crippen LogP contribution in [0.2, 0.25) is 0 Å². The van der Waals surface area contributed by atoms with Gasteiger partial charge in [-0.2, -0.15) is 0 Å². The molecule has 2 aromatic rings. The van der Waals surface area contributed by atoms with Crippen molar-refractivity contribution in [2.24, 2.45) is 5.73 Å². The maximum Gasteiger partial charge on any atom is 0.185 e. The molecule has 2 heterocycles. The average Bonchev–Trinajstić information content (AvgIpc) is 3.01. The van der Waals surface area contributed by atoms with Crippen LogP contribution in [0, 0.1) is 12.3 Å². The molecule has 3 rings (SSSR count). The molecule has 0 unspecified atom stereocenters. The number of hydrogen-bond acceptors (Lipinski definition) is 5. The van der Waals surface area contributed by atoms with E-state index in [4.69, 9.17) is 11.1 Å². The number of nitrogens with zero attached hydrogens (tertiary/aromatic N) is 3. The van der Waals surface area contributed by atoms with Crippen LogP contribution in [-0.4, -0.2) is 37.0 Å². The first kappa shape index (κ1) is 13.9. The molecule has 1 aliphatic rings. The molecule has 3 N–H and O–H groups in total. The van der Waals surface area contributed by atoms with Crippen molar-refractivity contribution in [3.05, 3.63) is 40.9 Å². The Morgan fingerprint density at radius 2 is 1.95 bits per heavy atom. The van der Waals surface area contributed by atoms with E-state index in [1.807, 2.05) is 24.6 Å². The fraction of sp³-hybridized carbons (Fsp3) is 0.333. The van der Waals surface area contributed by atoms with Gasteiger partial charge in [0.2, 0.25) is 0 Å². The van der Waals surface area contributed by atoms with E-state index >= 15 is 0 Å². The summed E-state index contributed by atoms with van der Waals surface area (Å²) in [6.07, 6.45) is 1.86. The van der Waals surface area contributed by atoms with Gasteiger partial charge in [0.05, 0.1) is 0 Å². The third-order valence-electron chi connectivity index (χ3n) is 3.83. The number of amidine groups is 1. The molecule has 0 spiro atoms. The van der Waals surface area contributed by atoms with E-state index in [0.717, 1.165) is 42.4 Å². The van der Waals surface area contributed by atoms with Crippen molar-refractivity contribution >= 4 is 28.0 Å². The smallest absolute Gasteiger partial charge is 0.185 e. The Labute approximate surface area is 128 Å². The predicted molar refractivity (Wildman–Crippen MR) is 88.7 cm³/mol. The molecule has 21 heavy (non-hydrogen) atoms. The molecule has 0 amide bonds. The number of aryl methyl sites for hydroxylation is 1. The van der Waals surface area contributed by atoms with Crippen molar-refractivity contribution in [2.45, 2.75) is 6.92 Å². The van der Waals surface area contributed by atoms with E-state index in [1.54, 1.807) is 11.3 Å². The molecule has 1 aromatic heterocycles. The van der Waals surface area contributed by atoms with Crippen molar-refractivity contribution < 1.29 is 0 Å². The van der Waals surface area contributed by atoms with Crippen molar-refractivity contribution in [3.8, 4) is 0 Å². The van der Waals surface area contributed by atoms with Gasteiger partial charge in [0, 0.05) is 49.0 Å². The second-order valence-electron chi connectivity index (χ2n) is 5.20. The highest BCUT2D eigenvalue weighted by atomic mass is 32.1. The number of benzene rings is 1. The van der Waals surface area contributed by atoms with Crippen LogP contribution in [0.5, 0.6) is 0 Å². The molecule has 0 bridgehead atoms. The number of piperazine rings is 1. The first-order valence-electron chi connectivity index (χ1n) is 6.99. The van der Waals surface area contributed by atoms with Crippen molar-refractivity contribution in [3.63, 3.8) is 0 Å². The summed E-state index contributed by atoms with van der Waals surface area (Å²) in [6.45, 7) is 5.95. The highest BCUT2D eigenvalue weighted by Gasteiger charge is 2.19. The summed E-state index contributed by atoms with van der Waals surface area (Å²) in [4.78, 5) is 9.08. The molecule has 0 radical (unpaired) electrons. The Bertz CT molecular complexity index is 630. The summed E-state index contributed by atoms with van der Waals surface area (Å²) in [5, 5.41) is 10.7. The molecule has 0 aliphatic carbocycles. The lowest BCUT2D eigenvalue weighted by molar-refractivity contribution is 0.652. The monoisotopic (exact) mass is 301 g/mol. The number of aromatic nitrogens is 1. The van der Waals surface area contributed by atoms with E-state index in [0.29, 0.717) is 0 Å². The van der Waals surface area contributed by atoms with Gasteiger partial charge in [-0.25, -0.2) is 4.98 Å². The molecule has 1 fully saturated rings. The quantitative estimate of drug-likeness (QED) is 0.672. The Balaban J connectivity index is 1.69. The van der Waals surface area contributed by atoms with E-state index in [-0.39, 0.29) is 5.84 Å². The molecule has 5 nitrogen and oxygen atoms in total. The number of hydrogen-bond donors (Lipinski definition) is 2. The molecule has 110 valence electrons. The summed E-state index contributed by atoms with van der Waals surface area (Å²) in [5.74, 6) is 0.132. The van der Waals surface area contributed by atoms with E-state index in [2.05, 4.69) is 26.9 Å². The normalized spacial score (nSPS) is 15.3. The van der Waals surface area contributed by atoms with Crippen LogP contribution in [0.3, 0.4) is 0 Å². The van der Waals surface area contributed by atoms with Gasteiger partial charge in [0.1, 0.15) is 5.84 Å². The van der Waals surface area contributed by atoms with Gasteiger partial charge in [-0.05, 0) is 30.7 Å². The minimum atomic E-state index is 0.132. The zero-order chi connectivity index (χ0) is 14.8. The van der Waals surface area contributed by atoms with Gasteiger partial charge in [-0.1, -0.05) is 0 Å². The molecule has 0 atom stereocenters. The largest absolute Gasteiger partial charge is 0.384 e. The highest BCUT2D eigenvalue weighted by molar-refractivity contribution is 7.13. The van der Waals surface area contributed by atoms with Crippen LogP contribution < -0.4 is 15.5 Å². The fourth-order valence-corrected chi connectivity index (χ4v) is 3.37. The number of nitrogen functional groups attached to an aromatic ring is 1. The maximum absolute atomic E-state index is 7.55. The minimum absolute atomic E-state index is 0.132. The van der Waals surface area contributed by atoms with Crippen LogP contribution >= 0.6 is 11.3 Å². The summed E-state index contributed by atoms with van der Waals surface area (Å²) in [5.41, 5.74) is 8.65. The molecule has 1 saturated heterocycles. The summed E-state index contributed by atoms with van der Waals surface area (Å²) in [7, 11) is 0. The minimum Gasteiger partial charge on any atom is -0.384 e. The third kappa shape index (κ3) is 2.85. The first-order valence-corrected chi connectivity index (χ1v) is 7.87. The van der Waals surface area contributed by atoms with Crippen LogP contribution in [-0.2, 0) is 0 Å². The van der Waals surface area contributed by atoms with Gasteiger partial charge in [0.25, 0.3) is 0 Å². The van der Waals surface area contributed by atoms with Crippen LogP contribution in [0.25, 0.3) is 0 Å². The van der Waals surface area contributed by atoms with Crippen molar-refractivity contribution in [1.82, 2.24) is 4.98 Å².